The lowest BCUT2D eigenvalue weighted by Crippen LogP contribution is -2.37. The van der Waals surface area contributed by atoms with E-state index in [2.05, 4.69) is 20.0 Å². The quantitative estimate of drug-likeness (QED) is 0.802. The molecule has 0 unspecified atom stereocenters. The van der Waals surface area contributed by atoms with Gasteiger partial charge in [0.25, 0.3) is 0 Å². The lowest BCUT2D eigenvalue weighted by atomic mass is 9.97. The zero-order valence-corrected chi connectivity index (χ0v) is 13.7. The van der Waals surface area contributed by atoms with E-state index in [-0.39, 0.29) is 11.9 Å². The van der Waals surface area contributed by atoms with Crippen molar-refractivity contribution in [3.63, 3.8) is 0 Å². The Balaban J connectivity index is 1.76. The first-order valence-electron chi connectivity index (χ1n) is 7.77. The summed E-state index contributed by atoms with van der Waals surface area (Å²) in [6, 6.07) is 2.01. The van der Waals surface area contributed by atoms with Crippen LogP contribution < -0.4 is 4.90 Å². The molecule has 1 aliphatic heterocycles. The summed E-state index contributed by atoms with van der Waals surface area (Å²) in [7, 11) is 1.44. The number of rotatable bonds is 3. The van der Waals surface area contributed by atoms with Crippen molar-refractivity contribution in [2.24, 2.45) is 5.92 Å². The average Bonchev–Trinajstić information content (AvgIpc) is 2.93. The normalized spacial score (nSPS) is 15.7. The van der Waals surface area contributed by atoms with Crippen molar-refractivity contribution < 1.29 is 9.53 Å². The standard InChI is InChI=1S/C16H21N5O2/c1-11-8-12(2)21(19-11)15-10-17-9-14(18-15)20-6-4-13(5-7-20)16(22)23-3/h8-10,13H,4-7H2,1-3H3. The van der Waals surface area contributed by atoms with E-state index in [9.17, 15) is 4.79 Å². The Kier molecular flexibility index (Phi) is 4.27. The SMILES string of the molecule is COC(=O)C1CCN(c2cncc(-n3nc(C)cc3C)n2)CC1. The average molecular weight is 315 g/mol. The molecule has 0 aromatic carbocycles. The lowest BCUT2D eigenvalue weighted by molar-refractivity contribution is -0.146. The Morgan fingerprint density at radius 2 is 1.91 bits per heavy atom. The number of methoxy groups -OCH3 is 1. The number of piperidine rings is 1. The van der Waals surface area contributed by atoms with Gasteiger partial charge in [-0.1, -0.05) is 0 Å². The molecule has 0 N–H and O–H groups in total. The Morgan fingerprint density at radius 3 is 2.52 bits per heavy atom. The first kappa shape index (κ1) is 15.5. The zero-order chi connectivity index (χ0) is 16.4. The maximum absolute atomic E-state index is 11.6. The van der Waals surface area contributed by atoms with Gasteiger partial charge in [-0.25, -0.2) is 9.67 Å². The number of anilines is 1. The van der Waals surface area contributed by atoms with Crippen LogP contribution in [0.1, 0.15) is 24.2 Å². The van der Waals surface area contributed by atoms with Crippen LogP contribution in [0.2, 0.25) is 0 Å². The second-order valence-corrected chi connectivity index (χ2v) is 5.86. The van der Waals surface area contributed by atoms with Gasteiger partial charge >= 0.3 is 5.97 Å². The fourth-order valence-corrected chi connectivity index (χ4v) is 2.97. The predicted molar refractivity (Wildman–Crippen MR) is 85.6 cm³/mol. The Hall–Kier alpha value is -2.44. The van der Waals surface area contributed by atoms with Crippen molar-refractivity contribution in [1.82, 2.24) is 19.7 Å². The van der Waals surface area contributed by atoms with E-state index in [0.717, 1.165) is 43.1 Å². The van der Waals surface area contributed by atoms with Crippen molar-refractivity contribution in [3.8, 4) is 5.82 Å². The third kappa shape index (κ3) is 3.18. The number of aromatic nitrogens is 4. The van der Waals surface area contributed by atoms with E-state index >= 15 is 0 Å². The summed E-state index contributed by atoms with van der Waals surface area (Å²) in [5.41, 5.74) is 1.98. The maximum Gasteiger partial charge on any atom is 0.308 e. The van der Waals surface area contributed by atoms with Crippen LogP contribution in [0, 0.1) is 19.8 Å². The first-order chi connectivity index (χ1) is 11.1. The fourth-order valence-electron chi connectivity index (χ4n) is 2.97. The number of aryl methyl sites for hydroxylation is 2. The van der Waals surface area contributed by atoms with Crippen LogP contribution in [0.25, 0.3) is 5.82 Å². The zero-order valence-electron chi connectivity index (χ0n) is 13.7. The second kappa shape index (κ2) is 6.36. The fraction of sp³-hybridized carbons (Fsp3) is 0.500. The summed E-state index contributed by atoms with van der Waals surface area (Å²) in [4.78, 5) is 22.7. The molecule has 0 aliphatic carbocycles. The van der Waals surface area contributed by atoms with Crippen LogP contribution in [0.15, 0.2) is 18.5 Å². The van der Waals surface area contributed by atoms with Crippen molar-refractivity contribution in [2.75, 3.05) is 25.1 Å². The van der Waals surface area contributed by atoms with Gasteiger partial charge in [-0.15, -0.1) is 0 Å². The third-order valence-electron chi connectivity index (χ3n) is 4.19. The predicted octanol–water partition coefficient (Wildman–Crippen LogP) is 1.67. The molecule has 2 aromatic rings. The van der Waals surface area contributed by atoms with Gasteiger partial charge in [0.2, 0.25) is 0 Å². The molecule has 0 spiro atoms. The second-order valence-electron chi connectivity index (χ2n) is 5.86. The van der Waals surface area contributed by atoms with Crippen LogP contribution in [-0.2, 0) is 9.53 Å². The van der Waals surface area contributed by atoms with Crippen molar-refractivity contribution in [3.05, 3.63) is 29.8 Å². The van der Waals surface area contributed by atoms with Gasteiger partial charge in [-0.05, 0) is 32.8 Å². The molecule has 7 heteroatoms. The molecule has 1 fully saturated rings. The summed E-state index contributed by atoms with van der Waals surface area (Å²) in [6.45, 7) is 5.50. The van der Waals surface area contributed by atoms with E-state index in [4.69, 9.17) is 4.74 Å². The minimum absolute atomic E-state index is 0.0107. The van der Waals surface area contributed by atoms with Gasteiger partial charge < -0.3 is 9.64 Å². The molecule has 2 aromatic heterocycles. The molecule has 7 nitrogen and oxygen atoms in total. The Morgan fingerprint density at radius 1 is 1.22 bits per heavy atom. The number of esters is 1. The number of ether oxygens (including phenoxy) is 1. The van der Waals surface area contributed by atoms with Crippen LogP contribution >= 0.6 is 0 Å². The van der Waals surface area contributed by atoms with Crippen molar-refractivity contribution >= 4 is 11.8 Å². The van der Waals surface area contributed by atoms with Crippen molar-refractivity contribution in [1.29, 1.82) is 0 Å². The smallest absolute Gasteiger partial charge is 0.308 e. The van der Waals surface area contributed by atoms with Gasteiger partial charge in [0.1, 0.15) is 5.82 Å². The molecule has 0 radical (unpaired) electrons. The highest BCUT2D eigenvalue weighted by Gasteiger charge is 2.26. The highest BCUT2D eigenvalue weighted by Crippen LogP contribution is 2.23. The maximum atomic E-state index is 11.6. The summed E-state index contributed by atoms with van der Waals surface area (Å²) in [5, 5.41) is 4.45. The lowest BCUT2D eigenvalue weighted by Gasteiger charge is -2.31. The van der Waals surface area contributed by atoms with E-state index in [0.29, 0.717) is 5.82 Å². The Bertz CT molecular complexity index is 704. The topological polar surface area (TPSA) is 73.1 Å². The molecule has 23 heavy (non-hydrogen) atoms. The van der Waals surface area contributed by atoms with Crippen LogP contribution in [-0.4, -0.2) is 45.9 Å². The van der Waals surface area contributed by atoms with E-state index in [1.165, 1.54) is 7.11 Å². The van der Waals surface area contributed by atoms with Gasteiger partial charge in [-0.3, -0.25) is 9.78 Å². The number of carbonyl (C=O) groups excluding carboxylic acids is 1. The molecule has 1 saturated heterocycles. The first-order valence-corrected chi connectivity index (χ1v) is 7.77. The molecule has 0 bridgehead atoms. The van der Waals surface area contributed by atoms with E-state index in [1.807, 2.05) is 19.9 Å². The van der Waals surface area contributed by atoms with Gasteiger partial charge in [0.15, 0.2) is 5.82 Å². The Labute approximate surface area is 135 Å². The molecule has 0 saturated carbocycles. The number of hydrogen-bond acceptors (Lipinski definition) is 6. The molecule has 0 amide bonds. The molecule has 3 heterocycles. The highest BCUT2D eigenvalue weighted by atomic mass is 16.5. The van der Waals surface area contributed by atoms with Crippen molar-refractivity contribution in [2.45, 2.75) is 26.7 Å². The number of nitrogens with zero attached hydrogens (tertiary/aromatic N) is 5. The summed E-state index contributed by atoms with van der Waals surface area (Å²) in [6.07, 6.45) is 5.02. The molecule has 3 rings (SSSR count). The summed E-state index contributed by atoms with van der Waals surface area (Å²) in [5.74, 6) is 1.40. The molecule has 1 aliphatic rings. The molecular weight excluding hydrogens is 294 g/mol. The largest absolute Gasteiger partial charge is 0.469 e. The van der Waals surface area contributed by atoms with Gasteiger partial charge in [0.05, 0.1) is 31.1 Å². The van der Waals surface area contributed by atoms with Crippen LogP contribution in [0.3, 0.4) is 0 Å². The minimum Gasteiger partial charge on any atom is -0.469 e. The third-order valence-corrected chi connectivity index (χ3v) is 4.19. The number of hydrogen-bond donors (Lipinski definition) is 0. The van der Waals surface area contributed by atoms with Gasteiger partial charge in [0, 0.05) is 18.8 Å². The minimum atomic E-state index is -0.118. The summed E-state index contributed by atoms with van der Waals surface area (Å²) >= 11 is 0. The molecular formula is C16H21N5O2. The van der Waals surface area contributed by atoms with Gasteiger partial charge in [-0.2, -0.15) is 5.10 Å². The monoisotopic (exact) mass is 315 g/mol. The van der Waals surface area contributed by atoms with E-state index in [1.54, 1.807) is 17.1 Å². The highest BCUT2D eigenvalue weighted by molar-refractivity contribution is 5.72. The van der Waals surface area contributed by atoms with Crippen LogP contribution in [0.4, 0.5) is 5.82 Å². The number of carbonyl (C=O) groups is 1. The molecule has 122 valence electrons. The van der Waals surface area contributed by atoms with E-state index < -0.39 is 0 Å². The van der Waals surface area contributed by atoms with Crippen LogP contribution in [0.5, 0.6) is 0 Å². The molecule has 0 atom stereocenters. The summed E-state index contributed by atoms with van der Waals surface area (Å²) < 4.78 is 6.62.